The maximum Gasteiger partial charge on any atom is 0.269 e. The average molecular weight is 463 g/mol. The number of carbonyl (C=O) groups excluding carboxylic acids is 1. The first-order chi connectivity index (χ1) is 15.9. The molecule has 4 aromatic rings. The van der Waals surface area contributed by atoms with E-state index in [1.54, 1.807) is 43.4 Å². The van der Waals surface area contributed by atoms with Crippen LogP contribution in [0.25, 0.3) is 21.8 Å². The van der Waals surface area contributed by atoms with E-state index in [4.69, 9.17) is 14.5 Å². The number of benzene rings is 2. The van der Waals surface area contributed by atoms with Crippen LogP contribution in [-0.2, 0) is 13.6 Å². The lowest BCUT2D eigenvalue weighted by Crippen LogP contribution is -2.25. The number of aryl methyl sites for hydroxylation is 3. The summed E-state index contributed by atoms with van der Waals surface area (Å²) in [5.74, 6) is 1.14. The molecule has 0 unspecified atom stereocenters. The summed E-state index contributed by atoms with van der Waals surface area (Å²) in [6.45, 7) is 4.44. The van der Waals surface area contributed by atoms with Crippen molar-refractivity contribution in [2.45, 2.75) is 20.4 Å². The normalized spacial score (nSPS) is 10.8. The number of ether oxygens (including phenoxy) is 2. The minimum atomic E-state index is -0.205. The minimum Gasteiger partial charge on any atom is -0.497 e. The summed E-state index contributed by atoms with van der Waals surface area (Å²) in [7, 11) is 4.96. The van der Waals surface area contributed by atoms with Crippen molar-refractivity contribution >= 4 is 17.2 Å². The molecular formula is C25H26N4O3S. The Balaban J connectivity index is 1.53. The molecule has 0 atom stereocenters. The second-order valence-electron chi connectivity index (χ2n) is 7.63. The van der Waals surface area contributed by atoms with Gasteiger partial charge in [-0.3, -0.25) is 9.48 Å². The molecule has 170 valence electrons. The van der Waals surface area contributed by atoms with Crippen LogP contribution in [0.2, 0.25) is 0 Å². The highest BCUT2D eigenvalue weighted by molar-refractivity contribution is 7.15. The number of nitrogens with one attached hydrogen (secondary N) is 1. The van der Waals surface area contributed by atoms with E-state index in [1.165, 1.54) is 5.56 Å². The number of carbonyl (C=O) groups is 1. The van der Waals surface area contributed by atoms with Crippen LogP contribution in [0, 0.1) is 13.8 Å². The molecule has 0 radical (unpaired) electrons. The number of hydrogen-bond donors (Lipinski definition) is 1. The Kier molecular flexibility index (Phi) is 6.46. The Morgan fingerprint density at radius 2 is 1.85 bits per heavy atom. The van der Waals surface area contributed by atoms with E-state index < -0.39 is 0 Å². The van der Waals surface area contributed by atoms with Gasteiger partial charge in [-0.05, 0) is 43.7 Å². The molecule has 33 heavy (non-hydrogen) atoms. The van der Waals surface area contributed by atoms with Gasteiger partial charge in [0.2, 0.25) is 0 Å². The number of methoxy groups -OCH3 is 2. The molecule has 0 saturated heterocycles. The van der Waals surface area contributed by atoms with Gasteiger partial charge in [0.15, 0.2) is 0 Å². The van der Waals surface area contributed by atoms with Gasteiger partial charge in [-0.15, -0.1) is 11.3 Å². The van der Waals surface area contributed by atoms with Gasteiger partial charge in [-0.25, -0.2) is 4.98 Å². The number of thiazole rings is 1. The molecule has 0 aliphatic heterocycles. The summed E-state index contributed by atoms with van der Waals surface area (Å²) in [5, 5.41) is 8.49. The molecule has 0 aliphatic rings. The molecule has 2 heterocycles. The second kappa shape index (κ2) is 9.46. The van der Waals surface area contributed by atoms with Crippen LogP contribution in [0.3, 0.4) is 0 Å². The van der Waals surface area contributed by atoms with Gasteiger partial charge in [0.25, 0.3) is 5.91 Å². The molecule has 0 fully saturated rings. The van der Waals surface area contributed by atoms with Crippen molar-refractivity contribution in [3.8, 4) is 33.3 Å². The monoisotopic (exact) mass is 462 g/mol. The molecule has 0 spiro atoms. The summed E-state index contributed by atoms with van der Waals surface area (Å²) in [6.07, 6.45) is 0. The minimum absolute atomic E-state index is 0.205. The van der Waals surface area contributed by atoms with Gasteiger partial charge in [0.05, 0.1) is 32.2 Å². The van der Waals surface area contributed by atoms with E-state index in [0.29, 0.717) is 29.4 Å². The lowest BCUT2D eigenvalue weighted by atomic mass is 10.1. The van der Waals surface area contributed by atoms with Crippen LogP contribution in [0.4, 0.5) is 0 Å². The fourth-order valence-corrected chi connectivity index (χ4v) is 4.69. The molecule has 0 bridgehead atoms. The van der Waals surface area contributed by atoms with Gasteiger partial charge in [-0.1, -0.05) is 24.3 Å². The van der Waals surface area contributed by atoms with Crippen molar-refractivity contribution in [3.63, 3.8) is 0 Å². The predicted octanol–water partition coefficient (Wildman–Crippen LogP) is 4.77. The molecule has 0 saturated carbocycles. The first kappa shape index (κ1) is 22.5. The van der Waals surface area contributed by atoms with Crippen molar-refractivity contribution in [2.24, 2.45) is 7.05 Å². The lowest BCUT2D eigenvalue weighted by molar-refractivity contribution is 0.0942. The number of nitrogens with zero attached hydrogens (tertiary/aromatic N) is 3. The zero-order valence-electron chi connectivity index (χ0n) is 19.3. The van der Waals surface area contributed by atoms with Gasteiger partial charge in [0.1, 0.15) is 22.2 Å². The zero-order valence-corrected chi connectivity index (χ0v) is 20.1. The van der Waals surface area contributed by atoms with Crippen LogP contribution < -0.4 is 14.8 Å². The molecule has 2 aromatic heterocycles. The Morgan fingerprint density at radius 3 is 2.58 bits per heavy atom. The van der Waals surface area contributed by atoms with Crippen molar-refractivity contribution in [1.82, 2.24) is 20.1 Å². The van der Waals surface area contributed by atoms with Crippen LogP contribution >= 0.6 is 11.3 Å². The lowest BCUT2D eigenvalue weighted by Gasteiger charge is -2.08. The standard InChI is InChI=1S/C25H26N4O3S/c1-15-8-6-7-9-18(15)25-27-16(2)23(33-25)14-26-24(30)21-13-20(28-29(21)3)19-12-17(31-4)10-11-22(19)32-5/h6-13H,14H2,1-5H3,(H,26,30). The first-order valence-corrected chi connectivity index (χ1v) is 11.3. The summed E-state index contributed by atoms with van der Waals surface area (Å²) in [4.78, 5) is 18.7. The number of hydrogen-bond acceptors (Lipinski definition) is 6. The fraction of sp³-hybridized carbons (Fsp3) is 0.240. The molecule has 0 aliphatic carbocycles. The first-order valence-electron chi connectivity index (χ1n) is 10.5. The second-order valence-corrected chi connectivity index (χ2v) is 8.71. The fourth-order valence-electron chi connectivity index (χ4n) is 3.60. The molecule has 1 N–H and O–H groups in total. The quantitative estimate of drug-likeness (QED) is 0.428. The van der Waals surface area contributed by atoms with Crippen LogP contribution in [0.15, 0.2) is 48.5 Å². The van der Waals surface area contributed by atoms with Crippen molar-refractivity contribution in [2.75, 3.05) is 14.2 Å². The average Bonchev–Trinajstić information content (AvgIpc) is 3.39. The van der Waals surface area contributed by atoms with Gasteiger partial charge < -0.3 is 14.8 Å². The highest BCUT2D eigenvalue weighted by atomic mass is 32.1. The topological polar surface area (TPSA) is 78.3 Å². The van der Waals surface area contributed by atoms with Crippen LogP contribution in [0.1, 0.15) is 26.6 Å². The summed E-state index contributed by atoms with van der Waals surface area (Å²) < 4.78 is 12.4. The molecular weight excluding hydrogens is 436 g/mol. The third-order valence-electron chi connectivity index (χ3n) is 5.47. The molecule has 2 aromatic carbocycles. The van der Waals surface area contributed by atoms with E-state index in [1.807, 2.05) is 37.3 Å². The summed E-state index contributed by atoms with van der Waals surface area (Å²) >= 11 is 1.60. The molecule has 1 amide bonds. The Morgan fingerprint density at radius 1 is 1.06 bits per heavy atom. The highest BCUT2D eigenvalue weighted by Gasteiger charge is 2.18. The van der Waals surface area contributed by atoms with E-state index in [-0.39, 0.29) is 5.91 Å². The third-order valence-corrected chi connectivity index (χ3v) is 6.66. The Hall–Kier alpha value is -3.65. The number of rotatable bonds is 7. The Labute approximate surface area is 197 Å². The maximum atomic E-state index is 13.0. The van der Waals surface area contributed by atoms with Crippen molar-refractivity contribution in [3.05, 3.63) is 70.4 Å². The maximum absolute atomic E-state index is 13.0. The van der Waals surface area contributed by atoms with E-state index >= 15 is 0 Å². The molecule has 7 nitrogen and oxygen atoms in total. The summed E-state index contributed by atoms with van der Waals surface area (Å²) in [6, 6.07) is 15.4. The number of amides is 1. The van der Waals surface area contributed by atoms with Gasteiger partial charge >= 0.3 is 0 Å². The third kappa shape index (κ3) is 4.61. The van der Waals surface area contributed by atoms with E-state index in [0.717, 1.165) is 26.7 Å². The predicted molar refractivity (Wildman–Crippen MR) is 130 cm³/mol. The smallest absolute Gasteiger partial charge is 0.269 e. The SMILES string of the molecule is COc1ccc(OC)c(-c2cc(C(=O)NCc3sc(-c4ccccc4C)nc3C)n(C)n2)c1. The van der Waals surface area contributed by atoms with Gasteiger partial charge in [0, 0.05) is 23.1 Å². The molecule has 4 rings (SSSR count). The van der Waals surface area contributed by atoms with Crippen molar-refractivity contribution < 1.29 is 14.3 Å². The zero-order chi connectivity index (χ0) is 23.5. The van der Waals surface area contributed by atoms with Gasteiger partial charge in [-0.2, -0.15) is 5.10 Å². The van der Waals surface area contributed by atoms with E-state index in [2.05, 4.69) is 29.5 Å². The van der Waals surface area contributed by atoms with Crippen LogP contribution in [0.5, 0.6) is 11.5 Å². The molecule has 8 heteroatoms. The summed E-state index contributed by atoms with van der Waals surface area (Å²) in [5.41, 5.74) is 5.06. The number of aromatic nitrogens is 3. The highest BCUT2D eigenvalue weighted by Crippen LogP contribution is 2.33. The largest absolute Gasteiger partial charge is 0.497 e. The van der Waals surface area contributed by atoms with E-state index in [9.17, 15) is 4.79 Å². The van der Waals surface area contributed by atoms with Crippen molar-refractivity contribution in [1.29, 1.82) is 0 Å². The Bertz CT molecular complexity index is 1310. The van der Waals surface area contributed by atoms with Crippen LogP contribution in [-0.4, -0.2) is 34.9 Å².